The van der Waals surface area contributed by atoms with E-state index in [4.69, 9.17) is 9.47 Å². The number of benzene rings is 2. The normalized spacial score (nSPS) is 12.1. The van der Waals surface area contributed by atoms with Gasteiger partial charge in [-0.15, -0.1) is 0 Å². The maximum absolute atomic E-state index is 5.93. The molecule has 1 unspecified atom stereocenters. The summed E-state index contributed by atoms with van der Waals surface area (Å²) in [5, 5.41) is 0. The van der Waals surface area contributed by atoms with Gasteiger partial charge < -0.3 is 9.47 Å². The second-order valence-electron chi connectivity index (χ2n) is 8.84. The van der Waals surface area contributed by atoms with Crippen molar-refractivity contribution < 1.29 is 9.47 Å². The second kappa shape index (κ2) is 15.9. The molecule has 2 rings (SSSR count). The SMILES string of the molecule is CCCCCCCCCCOc1ccc(-c2ccc(CCCCC(C)OC)cc2)cc1. The van der Waals surface area contributed by atoms with E-state index < -0.39 is 0 Å². The third-order valence-electron chi connectivity index (χ3n) is 6.14. The highest BCUT2D eigenvalue weighted by atomic mass is 16.5. The Hall–Kier alpha value is -1.80. The molecular weight excluding hydrogens is 380 g/mol. The summed E-state index contributed by atoms with van der Waals surface area (Å²) in [5.41, 5.74) is 3.94. The van der Waals surface area contributed by atoms with Gasteiger partial charge in [-0.05, 0) is 61.4 Å². The Morgan fingerprint density at radius 3 is 1.87 bits per heavy atom. The molecule has 0 radical (unpaired) electrons. The zero-order valence-electron chi connectivity index (χ0n) is 20.2. The lowest BCUT2D eigenvalue weighted by Gasteiger charge is -2.09. The van der Waals surface area contributed by atoms with E-state index in [2.05, 4.69) is 62.4 Å². The van der Waals surface area contributed by atoms with Crippen molar-refractivity contribution in [1.82, 2.24) is 0 Å². The maximum atomic E-state index is 5.93. The predicted octanol–water partition coefficient (Wildman–Crippen LogP) is 8.62. The van der Waals surface area contributed by atoms with Crippen LogP contribution in [0.25, 0.3) is 11.1 Å². The van der Waals surface area contributed by atoms with E-state index in [0.29, 0.717) is 6.10 Å². The Morgan fingerprint density at radius 1 is 0.677 bits per heavy atom. The molecule has 0 aliphatic heterocycles. The summed E-state index contributed by atoms with van der Waals surface area (Å²) >= 11 is 0. The van der Waals surface area contributed by atoms with E-state index in [-0.39, 0.29) is 0 Å². The molecule has 2 aromatic rings. The van der Waals surface area contributed by atoms with Crippen LogP contribution in [0.15, 0.2) is 48.5 Å². The molecule has 1 atom stereocenters. The minimum Gasteiger partial charge on any atom is -0.494 e. The van der Waals surface area contributed by atoms with Gasteiger partial charge in [0.15, 0.2) is 0 Å². The average Bonchev–Trinajstić information content (AvgIpc) is 2.81. The fourth-order valence-electron chi connectivity index (χ4n) is 3.91. The molecule has 0 fully saturated rings. The number of aryl methyl sites for hydroxylation is 1. The average molecular weight is 425 g/mol. The van der Waals surface area contributed by atoms with Crippen LogP contribution in [-0.4, -0.2) is 19.8 Å². The van der Waals surface area contributed by atoms with Crippen molar-refractivity contribution in [1.29, 1.82) is 0 Å². The van der Waals surface area contributed by atoms with Gasteiger partial charge in [0.2, 0.25) is 0 Å². The molecule has 0 N–H and O–H groups in total. The van der Waals surface area contributed by atoms with Gasteiger partial charge in [-0.2, -0.15) is 0 Å². The Kier molecular flexibility index (Phi) is 13.1. The molecule has 0 heterocycles. The van der Waals surface area contributed by atoms with Gasteiger partial charge in [-0.3, -0.25) is 0 Å². The molecule has 2 nitrogen and oxygen atoms in total. The summed E-state index contributed by atoms with van der Waals surface area (Å²) in [6, 6.07) is 17.6. The first-order valence-electron chi connectivity index (χ1n) is 12.6. The third kappa shape index (κ3) is 10.9. The molecule has 31 heavy (non-hydrogen) atoms. The molecule has 0 bridgehead atoms. The van der Waals surface area contributed by atoms with E-state index in [9.17, 15) is 0 Å². The molecule has 0 amide bonds. The van der Waals surface area contributed by atoms with Gasteiger partial charge in [0.25, 0.3) is 0 Å². The smallest absolute Gasteiger partial charge is 0.119 e. The number of methoxy groups -OCH3 is 1. The molecule has 0 saturated carbocycles. The summed E-state index contributed by atoms with van der Waals surface area (Å²) in [4.78, 5) is 0. The number of rotatable bonds is 17. The van der Waals surface area contributed by atoms with Gasteiger partial charge in [-0.25, -0.2) is 0 Å². The standard InChI is InChI=1S/C29H44O2/c1-4-5-6-7-8-9-10-13-24-31-29-22-20-28(21-23-29)27-18-16-26(17-19-27)15-12-11-14-25(2)30-3/h16-23,25H,4-15,24H2,1-3H3. The first-order valence-corrected chi connectivity index (χ1v) is 12.6. The summed E-state index contributed by atoms with van der Waals surface area (Å²) in [5.74, 6) is 0.980. The van der Waals surface area contributed by atoms with Crippen molar-refractivity contribution in [3.8, 4) is 16.9 Å². The Balaban J connectivity index is 1.64. The van der Waals surface area contributed by atoms with Crippen LogP contribution in [-0.2, 0) is 11.2 Å². The molecule has 2 aromatic carbocycles. The molecule has 0 saturated heterocycles. The predicted molar refractivity (Wildman–Crippen MR) is 134 cm³/mol. The van der Waals surface area contributed by atoms with Crippen molar-refractivity contribution in [3.05, 3.63) is 54.1 Å². The van der Waals surface area contributed by atoms with Crippen molar-refractivity contribution in [2.24, 2.45) is 0 Å². The van der Waals surface area contributed by atoms with Crippen LogP contribution >= 0.6 is 0 Å². The van der Waals surface area contributed by atoms with Gasteiger partial charge in [0.05, 0.1) is 12.7 Å². The molecule has 0 aliphatic carbocycles. The fraction of sp³-hybridized carbons (Fsp3) is 0.586. The minimum atomic E-state index is 0.370. The van der Waals surface area contributed by atoms with Crippen LogP contribution < -0.4 is 4.74 Å². The minimum absolute atomic E-state index is 0.370. The van der Waals surface area contributed by atoms with Crippen LogP contribution in [0.3, 0.4) is 0 Å². The highest BCUT2D eigenvalue weighted by Crippen LogP contribution is 2.23. The lowest BCUT2D eigenvalue weighted by Crippen LogP contribution is -2.03. The van der Waals surface area contributed by atoms with Gasteiger partial charge in [-0.1, -0.05) is 94.7 Å². The lowest BCUT2D eigenvalue weighted by molar-refractivity contribution is 0.108. The van der Waals surface area contributed by atoms with E-state index in [1.165, 1.54) is 74.5 Å². The Morgan fingerprint density at radius 2 is 1.26 bits per heavy atom. The number of ether oxygens (including phenoxy) is 2. The van der Waals surface area contributed by atoms with Crippen LogP contribution in [0.5, 0.6) is 5.75 Å². The first kappa shape index (κ1) is 25.5. The molecule has 0 aliphatic rings. The van der Waals surface area contributed by atoms with Gasteiger partial charge in [0, 0.05) is 7.11 Å². The molecule has 0 aromatic heterocycles. The quantitative estimate of drug-likeness (QED) is 0.237. The molecule has 2 heteroatoms. The fourth-order valence-corrected chi connectivity index (χ4v) is 3.91. The Bertz CT molecular complexity index is 675. The topological polar surface area (TPSA) is 18.5 Å². The highest BCUT2D eigenvalue weighted by molar-refractivity contribution is 5.64. The summed E-state index contributed by atoms with van der Waals surface area (Å²) in [6.45, 7) is 5.24. The van der Waals surface area contributed by atoms with Crippen LogP contribution in [0.1, 0.15) is 90.0 Å². The van der Waals surface area contributed by atoms with Crippen LogP contribution in [0.2, 0.25) is 0 Å². The maximum Gasteiger partial charge on any atom is 0.119 e. The molecule has 0 spiro atoms. The third-order valence-corrected chi connectivity index (χ3v) is 6.14. The van der Waals surface area contributed by atoms with Gasteiger partial charge >= 0.3 is 0 Å². The van der Waals surface area contributed by atoms with Crippen molar-refractivity contribution in [2.45, 2.75) is 97.0 Å². The lowest BCUT2D eigenvalue weighted by atomic mass is 10.0. The highest BCUT2D eigenvalue weighted by Gasteiger charge is 2.02. The summed E-state index contributed by atoms with van der Waals surface area (Å²) < 4.78 is 11.3. The van der Waals surface area contributed by atoms with E-state index >= 15 is 0 Å². The number of unbranched alkanes of at least 4 members (excludes halogenated alkanes) is 8. The largest absolute Gasteiger partial charge is 0.494 e. The summed E-state index contributed by atoms with van der Waals surface area (Å²) in [6.07, 6.45) is 15.7. The van der Waals surface area contributed by atoms with Crippen molar-refractivity contribution in [3.63, 3.8) is 0 Å². The van der Waals surface area contributed by atoms with Crippen molar-refractivity contribution in [2.75, 3.05) is 13.7 Å². The monoisotopic (exact) mass is 424 g/mol. The molecule has 172 valence electrons. The summed E-state index contributed by atoms with van der Waals surface area (Å²) in [7, 11) is 1.79. The van der Waals surface area contributed by atoms with E-state index in [1.807, 2.05) is 0 Å². The zero-order valence-corrected chi connectivity index (χ0v) is 20.2. The van der Waals surface area contributed by atoms with E-state index in [0.717, 1.165) is 31.6 Å². The molecular formula is C29H44O2. The van der Waals surface area contributed by atoms with Crippen molar-refractivity contribution >= 4 is 0 Å². The zero-order chi connectivity index (χ0) is 22.2. The number of hydrogen-bond acceptors (Lipinski definition) is 2. The van der Waals surface area contributed by atoms with Gasteiger partial charge in [0.1, 0.15) is 5.75 Å². The number of hydrogen-bond donors (Lipinski definition) is 0. The second-order valence-corrected chi connectivity index (χ2v) is 8.84. The van der Waals surface area contributed by atoms with Crippen LogP contribution in [0.4, 0.5) is 0 Å². The first-order chi connectivity index (χ1) is 15.2. The van der Waals surface area contributed by atoms with E-state index in [1.54, 1.807) is 7.11 Å². The Labute approximate surface area is 191 Å². The van der Waals surface area contributed by atoms with Crippen LogP contribution in [0, 0.1) is 0 Å².